The molecular formula is C16H21NO. The third-order valence-electron chi connectivity index (χ3n) is 3.10. The van der Waals surface area contributed by atoms with Gasteiger partial charge in [-0.2, -0.15) is 0 Å². The van der Waals surface area contributed by atoms with Crippen LogP contribution in [-0.4, -0.2) is 12.8 Å². The molecule has 2 heteroatoms. The summed E-state index contributed by atoms with van der Waals surface area (Å²) in [5.74, 6) is 0.929. The van der Waals surface area contributed by atoms with Crippen LogP contribution >= 0.6 is 0 Å². The zero-order valence-corrected chi connectivity index (χ0v) is 11.4. The molecule has 0 spiro atoms. The van der Waals surface area contributed by atoms with E-state index in [1.807, 2.05) is 24.5 Å². The second kappa shape index (κ2) is 5.38. The van der Waals surface area contributed by atoms with E-state index in [9.17, 15) is 0 Å². The van der Waals surface area contributed by atoms with Crippen LogP contribution in [0.1, 0.15) is 39.2 Å². The number of ether oxygens (including phenoxy) is 1. The highest BCUT2D eigenvalue weighted by atomic mass is 16.5. The van der Waals surface area contributed by atoms with E-state index in [0.29, 0.717) is 6.61 Å². The van der Waals surface area contributed by atoms with Gasteiger partial charge in [0.2, 0.25) is 0 Å². The Bertz CT molecular complexity index is 449. The van der Waals surface area contributed by atoms with E-state index >= 15 is 0 Å². The van der Waals surface area contributed by atoms with Gasteiger partial charge in [-0.25, -0.2) is 0 Å². The van der Waals surface area contributed by atoms with E-state index in [4.69, 9.17) is 4.74 Å². The normalized spacial score (nSPS) is 15.4. The minimum Gasteiger partial charge on any atom is -0.489 e. The average Bonchev–Trinajstić information content (AvgIpc) is 2.37. The van der Waals surface area contributed by atoms with Crippen molar-refractivity contribution in [1.82, 2.24) is 0 Å². The Morgan fingerprint density at radius 2 is 1.89 bits per heavy atom. The van der Waals surface area contributed by atoms with E-state index in [1.54, 1.807) is 0 Å². The highest BCUT2D eigenvalue weighted by Crippen LogP contribution is 2.24. The molecule has 0 N–H and O–H groups in total. The molecule has 1 aromatic carbocycles. The molecule has 0 fully saturated rings. The molecule has 0 aromatic heterocycles. The summed E-state index contributed by atoms with van der Waals surface area (Å²) in [6.07, 6.45) is 5.94. The monoisotopic (exact) mass is 243 g/mol. The maximum Gasteiger partial charge on any atom is 0.119 e. The number of nitrogens with zero attached hydrogens (tertiary/aromatic N) is 1. The van der Waals surface area contributed by atoms with Gasteiger partial charge in [-0.3, -0.25) is 4.99 Å². The Kier molecular flexibility index (Phi) is 3.85. The predicted octanol–water partition coefficient (Wildman–Crippen LogP) is 4.11. The number of hydrogen-bond acceptors (Lipinski definition) is 2. The van der Waals surface area contributed by atoms with Crippen LogP contribution in [0.2, 0.25) is 0 Å². The summed E-state index contributed by atoms with van der Waals surface area (Å²) < 4.78 is 5.77. The summed E-state index contributed by atoms with van der Waals surface area (Å²) in [7, 11) is 0. The van der Waals surface area contributed by atoms with Crippen molar-refractivity contribution in [3.8, 4) is 5.75 Å². The average molecular weight is 243 g/mol. The molecule has 18 heavy (non-hydrogen) atoms. The molecule has 2 rings (SSSR count). The van der Waals surface area contributed by atoms with E-state index in [2.05, 4.69) is 37.9 Å². The first kappa shape index (κ1) is 12.9. The van der Waals surface area contributed by atoms with Gasteiger partial charge in [-0.05, 0) is 41.5 Å². The van der Waals surface area contributed by atoms with Crippen LogP contribution in [0.25, 0.3) is 0 Å². The standard InChI is InChI=1S/C16H21NO/c1-16(2,3)14-6-8-15(9-7-14)18-12-13-5-4-10-17-11-13/h6-11H,4-5,12H2,1-3H3. The van der Waals surface area contributed by atoms with Crippen molar-refractivity contribution >= 4 is 6.21 Å². The van der Waals surface area contributed by atoms with Gasteiger partial charge in [0.15, 0.2) is 0 Å². The quantitative estimate of drug-likeness (QED) is 0.782. The fraction of sp³-hybridized carbons (Fsp3) is 0.438. The zero-order chi connectivity index (χ0) is 13.0. The maximum atomic E-state index is 5.77. The smallest absolute Gasteiger partial charge is 0.119 e. The summed E-state index contributed by atoms with van der Waals surface area (Å²) in [4.78, 5) is 4.15. The lowest BCUT2D eigenvalue weighted by atomic mass is 9.87. The van der Waals surface area contributed by atoms with Crippen LogP contribution in [-0.2, 0) is 5.41 Å². The van der Waals surface area contributed by atoms with Gasteiger partial charge in [0, 0.05) is 12.4 Å². The van der Waals surface area contributed by atoms with Crippen molar-refractivity contribution in [3.63, 3.8) is 0 Å². The van der Waals surface area contributed by atoms with Crippen LogP contribution in [0, 0.1) is 0 Å². The Morgan fingerprint density at radius 3 is 2.44 bits per heavy atom. The molecule has 0 saturated heterocycles. The van der Waals surface area contributed by atoms with E-state index < -0.39 is 0 Å². The largest absolute Gasteiger partial charge is 0.489 e. The van der Waals surface area contributed by atoms with E-state index in [1.165, 1.54) is 11.1 Å². The molecule has 1 aliphatic rings. The fourth-order valence-electron chi connectivity index (χ4n) is 1.88. The molecule has 0 unspecified atom stereocenters. The molecule has 0 radical (unpaired) electrons. The molecule has 1 aromatic rings. The molecule has 0 saturated carbocycles. The highest BCUT2D eigenvalue weighted by molar-refractivity contribution is 5.60. The topological polar surface area (TPSA) is 21.6 Å². The first-order valence-electron chi connectivity index (χ1n) is 6.48. The predicted molar refractivity (Wildman–Crippen MR) is 76.4 cm³/mol. The SMILES string of the molecule is CC(C)(C)c1ccc(OCC2=CN=CCC2)cc1. The number of aliphatic imine (C=N–C) groups is 1. The van der Waals surface area contributed by atoms with Gasteiger partial charge >= 0.3 is 0 Å². The lowest BCUT2D eigenvalue weighted by Gasteiger charge is -2.19. The van der Waals surface area contributed by atoms with Crippen molar-refractivity contribution < 1.29 is 4.74 Å². The zero-order valence-electron chi connectivity index (χ0n) is 11.4. The third-order valence-corrected chi connectivity index (χ3v) is 3.10. The Labute approximate surface area is 109 Å². The Balaban J connectivity index is 1.94. The number of hydrogen-bond donors (Lipinski definition) is 0. The molecule has 96 valence electrons. The second-order valence-electron chi connectivity index (χ2n) is 5.72. The third kappa shape index (κ3) is 3.46. The lowest BCUT2D eigenvalue weighted by Crippen LogP contribution is -2.10. The molecule has 2 nitrogen and oxygen atoms in total. The molecule has 0 amide bonds. The summed E-state index contributed by atoms with van der Waals surface area (Å²) >= 11 is 0. The van der Waals surface area contributed by atoms with Crippen LogP contribution in [0.3, 0.4) is 0 Å². The highest BCUT2D eigenvalue weighted by Gasteiger charge is 2.13. The maximum absolute atomic E-state index is 5.77. The van der Waals surface area contributed by atoms with Crippen LogP contribution in [0.15, 0.2) is 41.0 Å². The second-order valence-corrected chi connectivity index (χ2v) is 5.72. The fourth-order valence-corrected chi connectivity index (χ4v) is 1.88. The number of rotatable bonds is 3. The molecule has 0 bridgehead atoms. The van der Waals surface area contributed by atoms with Crippen molar-refractivity contribution in [1.29, 1.82) is 0 Å². The van der Waals surface area contributed by atoms with Gasteiger partial charge < -0.3 is 4.74 Å². The van der Waals surface area contributed by atoms with Crippen molar-refractivity contribution in [3.05, 3.63) is 41.6 Å². The molecule has 0 aliphatic carbocycles. The summed E-state index contributed by atoms with van der Waals surface area (Å²) in [5.41, 5.74) is 2.79. The minimum absolute atomic E-state index is 0.194. The van der Waals surface area contributed by atoms with Crippen LogP contribution in [0.5, 0.6) is 5.75 Å². The van der Waals surface area contributed by atoms with Crippen molar-refractivity contribution in [2.24, 2.45) is 4.99 Å². The Hall–Kier alpha value is -1.57. The van der Waals surface area contributed by atoms with Crippen LogP contribution in [0.4, 0.5) is 0 Å². The van der Waals surface area contributed by atoms with E-state index in [-0.39, 0.29) is 5.41 Å². The summed E-state index contributed by atoms with van der Waals surface area (Å²) in [6.45, 7) is 7.29. The van der Waals surface area contributed by atoms with Gasteiger partial charge in [0.1, 0.15) is 12.4 Å². The van der Waals surface area contributed by atoms with Gasteiger partial charge in [-0.15, -0.1) is 0 Å². The minimum atomic E-state index is 0.194. The van der Waals surface area contributed by atoms with Gasteiger partial charge in [0.05, 0.1) is 0 Å². The van der Waals surface area contributed by atoms with Crippen molar-refractivity contribution in [2.45, 2.75) is 39.0 Å². The summed E-state index contributed by atoms with van der Waals surface area (Å²) in [5, 5.41) is 0. The summed E-state index contributed by atoms with van der Waals surface area (Å²) in [6, 6.07) is 8.38. The molecule has 1 heterocycles. The van der Waals surface area contributed by atoms with Crippen LogP contribution < -0.4 is 4.74 Å². The first-order valence-corrected chi connectivity index (χ1v) is 6.48. The van der Waals surface area contributed by atoms with E-state index in [0.717, 1.165) is 18.6 Å². The van der Waals surface area contributed by atoms with Crippen molar-refractivity contribution in [2.75, 3.05) is 6.61 Å². The lowest BCUT2D eigenvalue weighted by molar-refractivity contribution is 0.347. The van der Waals surface area contributed by atoms with Gasteiger partial charge in [0.25, 0.3) is 0 Å². The number of benzene rings is 1. The van der Waals surface area contributed by atoms with Gasteiger partial charge in [-0.1, -0.05) is 32.9 Å². The Morgan fingerprint density at radius 1 is 1.17 bits per heavy atom. The molecule has 1 aliphatic heterocycles. The first-order chi connectivity index (χ1) is 8.55. The molecule has 0 atom stereocenters. The molecular weight excluding hydrogens is 222 g/mol.